The summed E-state index contributed by atoms with van der Waals surface area (Å²) in [4.78, 5) is 36.1. The number of nitrogens with zero attached hydrogens (tertiary/aromatic N) is 2. The molecule has 0 aliphatic carbocycles. The van der Waals surface area contributed by atoms with Crippen LogP contribution in [0.3, 0.4) is 0 Å². The Morgan fingerprint density at radius 3 is 2.33 bits per heavy atom. The van der Waals surface area contributed by atoms with Crippen molar-refractivity contribution >= 4 is 23.3 Å². The molecule has 130 valence electrons. The van der Waals surface area contributed by atoms with Gasteiger partial charge in [0.25, 0.3) is 0 Å². The number of ether oxygens (including phenoxy) is 1. The number of esters is 1. The number of carbonyl (C=O) groups excluding carboxylic acids is 3. The zero-order valence-electron chi connectivity index (χ0n) is 14.6. The quantitative estimate of drug-likeness (QED) is 0.774. The van der Waals surface area contributed by atoms with Crippen LogP contribution >= 0.6 is 0 Å². The summed E-state index contributed by atoms with van der Waals surface area (Å²) >= 11 is 0. The summed E-state index contributed by atoms with van der Waals surface area (Å²) in [6.07, 6.45) is -0.206. The molecule has 1 aromatic rings. The highest BCUT2D eigenvalue weighted by Gasteiger charge is 2.46. The summed E-state index contributed by atoms with van der Waals surface area (Å²) < 4.78 is 5.35. The molecule has 0 aromatic heterocycles. The van der Waals surface area contributed by atoms with E-state index in [2.05, 4.69) is 0 Å². The molecule has 1 aliphatic heterocycles. The van der Waals surface area contributed by atoms with Crippen LogP contribution in [0.2, 0.25) is 0 Å². The van der Waals surface area contributed by atoms with Crippen molar-refractivity contribution in [3.05, 3.63) is 30.3 Å². The number of hydrogen-bond donors (Lipinski definition) is 0. The smallest absolute Gasteiger partial charge is 0.306 e. The molecule has 6 nitrogen and oxygen atoms in total. The summed E-state index contributed by atoms with van der Waals surface area (Å²) in [5.74, 6) is -0.883. The molecule has 0 unspecified atom stereocenters. The van der Waals surface area contributed by atoms with Crippen LogP contribution in [0, 0.1) is 0 Å². The van der Waals surface area contributed by atoms with Gasteiger partial charge in [0.2, 0.25) is 5.91 Å². The molecule has 2 rings (SSSR count). The molecule has 1 heterocycles. The van der Waals surface area contributed by atoms with Crippen molar-refractivity contribution in [2.45, 2.75) is 58.7 Å². The Kier molecular flexibility index (Phi) is 5.59. The first-order chi connectivity index (χ1) is 11.4. The first-order valence-corrected chi connectivity index (χ1v) is 8.20. The second-order valence-corrected chi connectivity index (χ2v) is 6.07. The third-order valence-corrected chi connectivity index (χ3v) is 4.19. The third kappa shape index (κ3) is 3.58. The lowest BCUT2D eigenvalue weighted by Crippen LogP contribution is -2.52. The standard InChI is InChI=1S/C18H24N2O4/c1-5-17(23)24-18(13(3)21)16-11-12(2)19(20(16)14(4)22)15-9-7-6-8-10-15/h6-10,12,16,18H,5,11H2,1-4H3/t12-,16-,18-/m0/s1. The lowest BCUT2D eigenvalue weighted by atomic mass is 10.0. The SMILES string of the molecule is CCC(=O)O[C@@H](C(C)=O)[C@@H]1C[C@H](C)N(c2ccccc2)N1C(C)=O. The maximum Gasteiger partial charge on any atom is 0.306 e. The van der Waals surface area contributed by atoms with E-state index < -0.39 is 18.1 Å². The van der Waals surface area contributed by atoms with Gasteiger partial charge in [-0.3, -0.25) is 19.4 Å². The van der Waals surface area contributed by atoms with Gasteiger partial charge in [-0.1, -0.05) is 25.1 Å². The fourth-order valence-electron chi connectivity index (χ4n) is 3.18. The number of para-hydroxylation sites is 1. The predicted octanol–water partition coefficient (Wildman–Crippen LogP) is 2.33. The van der Waals surface area contributed by atoms with E-state index in [0.717, 1.165) is 5.69 Å². The Balaban J connectivity index is 2.37. The number of benzene rings is 1. The molecule has 1 aromatic carbocycles. The van der Waals surface area contributed by atoms with E-state index in [1.165, 1.54) is 13.8 Å². The Hall–Kier alpha value is -2.37. The molecule has 24 heavy (non-hydrogen) atoms. The van der Waals surface area contributed by atoms with Crippen LogP contribution in [0.5, 0.6) is 0 Å². The first-order valence-electron chi connectivity index (χ1n) is 8.20. The molecule has 0 bridgehead atoms. The lowest BCUT2D eigenvalue weighted by molar-refractivity contribution is -0.159. The Morgan fingerprint density at radius 1 is 1.21 bits per heavy atom. The third-order valence-electron chi connectivity index (χ3n) is 4.19. The summed E-state index contributed by atoms with van der Waals surface area (Å²) in [6.45, 7) is 6.51. The summed E-state index contributed by atoms with van der Waals surface area (Å²) in [7, 11) is 0. The normalized spacial score (nSPS) is 21.5. The largest absolute Gasteiger partial charge is 0.452 e. The molecule has 1 amide bonds. The number of hydrogen-bond acceptors (Lipinski definition) is 5. The maximum absolute atomic E-state index is 12.3. The fraction of sp³-hybridized carbons (Fsp3) is 0.500. The maximum atomic E-state index is 12.3. The van der Waals surface area contributed by atoms with Gasteiger partial charge in [0, 0.05) is 13.3 Å². The molecule has 0 N–H and O–H groups in total. The van der Waals surface area contributed by atoms with Crippen molar-refractivity contribution in [1.82, 2.24) is 5.01 Å². The molecule has 6 heteroatoms. The summed E-state index contributed by atoms with van der Waals surface area (Å²) in [6, 6.07) is 9.03. The van der Waals surface area contributed by atoms with Crippen LogP contribution < -0.4 is 5.01 Å². The number of hydrazine groups is 1. The number of carbonyl (C=O) groups is 3. The van der Waals surface area contributed by atoms with E-state index in [0.29, 0.717) is 6.42 Å². The summed E-state index contributed by atoms with van der Waals surface area (Å²) in [5.41, 5.74) is 0.867. The minimum absolute atomic E-state index is 0.00322. The van der Waals surface area contributed by atoms with E-state index >= 15 is 0 Å². The Labute approximate surface area is 142 Å². The van der Waals surface area contributed by atoms with Gasteiger partial charge in [-0.25, -0.2) is 5.01 Å². The van der Waals surface area contributed by atoms with Gasteiger partial charge < -0.3 is 4.74 Å². The predicted molar refractivity (Wildman–Crippen MR) is 90.2 cm³/mol. The highest BCUT2D eigenvalue weighted by molar-refractivity contribution is 5.86. The van der Waals surface area contributed by atoms with Gasteiger partial charge in [0.15, 0.2) is 11.9 Å². The highest BCUT2D eigenvalue weighted by Crippen LogP contribution is 2.33. The van der Waals surface area contributed by atoms with Crippen molar-refractivity contribution in [1.29, 1.82) is 0 Å². The van der Waals surface area contributed by atoms with Gasteiger partial charge >= 0.3 is 5.97 Å². The second-order valence-electron chi connectivity index (χ2n) is 6.07. The van der Waals surface area contributed by atoms with Crippen molar-refractivity contribution in [2.75, 3.05) is 5.01 Å². The van der Waals surface area contributed by atoms with Gasteiger partial charge in [0.1, 0.15) is 0 Å². The molecule has 1 saturated heterocycles. The average molecular weight is 332 g/mol. The zero-order valence-corrected chi connectivity index (χ0v) is 14.6. The molecular formula is C18H24N2O4. The molecule has 0 saturated carbocycles. The number of rotatable bonds is 5. The molecule has 0 radical (unpaired) electrons. The Bertz CT molecular complexity index is 617. The first kappa shape index (κ1) is 18.0. The van der Waals surface area contributed by atoms with Gasteiger partial charge in [-0.05, 0) is 32.4 Å². The van der Waals surface area contributed by atoms with Gasteiger partial charge in [-0.15, -0.1) is 0 Å². The van der Waals surface area contributed by atoms with Crippen molar-refractivity contribution in [2.24, 2.45) is 0 Å². The fourth-order valence-corrected chi connectivity index (χ4v) is 3.18. The minimum Gasteiger partial charge on any atom is -0.452 e. The second kappa shape index (κ2) is 7.47. The zero-order chi connectivity index (χ0) is 17.9. The van der Waals surface area contributed by atoms with Crippen LogP contribution in [0.25, 0.3) is 0 Å². The van der Waals surface area contributed by atoms with Crippen molar-refractivity contribution in [3.8, 4) is 0 Å². The van der Waals surface area contributed by atoms with Gasteiger partial charge in [0.05, 0.1) is 17.8 Å². The topological polar surface area (TPSA) is 66.9 Å². The monoisotopic (exact) mass is 332 g/mol. The van der Waals surface area contributed by atoms with E-state index in [1.807, 2.05) is 42.3 Å². The number of amides is 1. The molecule has 0 spiro atoms. The molecular weight excluding hydrogens is 308 g/mol. The Morgan fingerprint density at radius 2 is 1.83 bits per heavy atom. The van der Waals surface area contributed by atoms with Crippen LogP contribution in [-0.2, 0) is 19.1 Å². The van der Waals surface area contributed by atoms with Crippen molar-refractivity contribution in [3.63, 3.8) is 0 Å². The molecule has 1 aliphatic rings. The summed E-state index contributed by atoms with van der Waals surface area (Å²) in [5, 5.41) is 3.43. The van der Waals surface area contributed by atoms with E-state index in [4.69, 9.17) is 4.74 Å². The molecule has 3 atom stereocenters. The van der Waals surface area contributed by atoms with E-state index in [-0.39, 0.29) is 24.2 Å². The minimum atomic E-state index is -0.947. The number of Topliss-reactive ketones (excluding diaryl/α,β-unsaturated/α-hetero) is 1. The van der Waals surface area contributed by atoms with E-state index in [9.17, 15) is 14.4 Å². The van der Waals surface area contributed by atoms with Crippen molar-refractivity contribution < 1.29 is 19.1 Å². The van der Waals surface area contributed by atoms with Crippen LogP contribution in [0.15, 0.2) is 30.3 Å². The van der Waals surface area contributed by atoms with Crippen LogP contribution in [0.4, 0.5) is 5.69 Å². The number of ketones is 1. The average Bonchev–Trinajstić information content (AvgIpc) is 2.90. The molecule has 1 fully saturated rings. The lowest BCUT2D eigenvalue weighted by Gasteiger charge is -2.36. The number of anilines is 1. The van der Waals surface area contributed by atoms with Gasteiger partial charge in [-0.2, -0.15) is 0 Å². The van der Waals surface area contributed by atoms with Crippen LogP contribution in [0.1, 0.15) is 40.5 Å². The highest BCUT2D eigenvalue weighted by atomic mass is 16.5. The van der Waals surface area contributed by atoms with E-state index in [1.54, 1.807) is 11.9 Å². The van der Waals surface area contributed by atoms with Crippen LogP contribution in [-0.4, -0.2) is 40.9 Å².